The first-order valence-corrected chi connectivity index (χ1v) is 4.47. The average Bonchev–Trinajstić information content (AvgIpc) is 2.07. The summed E-state index contributed by atoms with van der Waals surface area (Å²) in [7, 11) is 0. The molecule has 1 rings (SSSR count). The lowest BCUT2D eigenvalue weighted by molar-refractivity contribution is 0.304. The SMILES string of the molecule is CCCOc1cc(Br)c(F)cn1. The van der Waals surface area contributed by atoms with Gasteiger partial charge in [-0.2, -0.15) is 0 Å². The number of hydrogen-bond acceptors (Lipinski definition) is 2. The molecule has 12 heavy (non-hydrogen) atoms. The maximum absolute atomic E-state index is 12.7. The third-order valence-electron chi connectivity index (χ3n) is 1.24. The molecule has 4 heteroatoms. The summed E-state index contributed by atoms with van der Waals surface area (Å²) in [5.41, 5.74) is 0. The van der Waals surface area contributed by atoms with Gasteiger partial charge >= 0.3 is 0 Å². The summed E-state index contributed by atoms with van der Waals surface area (Å²) in [5, 5.41) is 0. The van der Waals surface area contributed by atoms with Gasteiger partial charge in [0.15, 0.2) is 5.82 Å². The third kappa shape index (κ3) is 2.44. The van der Waals surface area contributed by atoms with E-state index in [9.17, 15) is 4.39 Å². The normalized spacial score (nSPS) is 9.92. The zero-order chi connectivity index (χ0) is 8.97. The van der Waals surface area contributed by atoms with E-state index < -0.39 is 0 Å². The molecule has 0 radical (unpaired) electrons. The van der Waals surface area contributed by atoms with Crippen LogP contribution in [0.4, 0.5) is 4.39 Å². The molecule has 0 aliphatic carbocycles. The number of hydrogen-bond donors (Lipinski definition) is 0. The second-order valence-corrected chi connectivity index (χ2v) is 3.14. The maximum Gasteiger partial charge on any atom is 0.214 e. The molecule has 0 spiro atoms. The van der Waals surface area contributed by atoms with Crippen LogP contribution in [-0.4, -0.2) is 11.6 Å². The van der Waals surface area contributed by atoms with Gasteiger partial charge < -0.3 is 4.74 Å². The second-order valence-electron chi connectivity index (χ2n) is 2.29. The molecule has 0 aliphatic rings. The minimum Gasteiger partial charge on any atom is -0.478 e. The van der Waals surface area contributed by atoms with Crippen molar-refractivity contribution in [3.05, 3.63) is 22.6 Å². The highest BCUT2D eigenvalue weighted by Crippen LogP contribution is 2.18. The summed E-state index contributed by atoms with van der Waals surface area (Å²) >= 11 is 3.04. The summed E-state index contributed by atoms with van der Waals surface area (Å²) in [6.07, 6.45) is 2.05. The van der Waals surface area contributed by atoms with Crippen LogP contribution in [0.1, 0.15) is 13.3 Å². The van der Waals surface area contributed by atoms with E-state index in [4.69, 9.17) is 4.74 Å². The Morgan fingerprint density at radius 3 is 3.00 bits per heavy atom. The number of aromatic nitrogens is 1. The highest BCUT2D eigenvalue weighted by molar-refractivity contribution is 9.10. The molecule has 0 saturated carbocycles. The Morgan fingerprint density at radius 1 is 1.67 bits per heavy atom. The molecule has 2 nitrogen and oxygen atoms in total. The lowest BCUT2D eigenvalue weighted by Crippen LogP contribution is -1.97. The van der Waals surface area contributed by atoms with Gasteiger partial charge in [0.25, 0.3) is 0 Å². The van der Waals surface area contributed by atoms with E-state index in [1.54, 1.807) is 0 Å². The van der Waals surface area contributed by atoms with Gasteiger partial charge in [0.2, 0.25) is 5.88 Å². The average molecular weight is 234 g/mol. The van der Waals surface area contributed by atoms with Gasteiger partial charge in [0, 0.05) is 6.07 Å². The highest BCUT2D eigenvalue weighted by atomic mass is 79.9. The number of nitrogens with zero attached hydrogens (tertiary/aromatic N) is 1. The summed E-state index contributed by atoms with van der Waals surface area (Å²) in [6, 6.07) is 1.52. The van der Waals surface area contributed by atoms with Crippen molar-refractivity contribution in [1.82, 2.24) is 4.98 Å². The van der Waals surface area contributed by atoms with Crippen LogP contribution in [0.2, 0.25) is 0 Å². The van der Waals surface area contributed by atoms with Crippen molar-refractivity contribution in [3.8, 4) is 5.88 Å². The van der Waals surface area contributed by atoms with Crippen LogP contribution in [0.25, 0.3) is 0 Å². The molecule has 0 atom stereocenters. The van der Waals surface area contributed by atoms with E-state index >= 15 is 0 Å². The highest BCUT2D eigenvalue weighted by Gasteiger charge is 2.01. The first kappa shape index (κ1) is 9.45. The van der Waals surface area contributed by atoms with Gasteiger partial charge in [-0.25, -0.2) is 9.37 Å². The molecule has 0 saturated heterocycles. The van der Waals surface area contributed by atoms with Crippen molar-refractivity contribution in [2.45, 2.75) is 13.3 Å². The van der Waals surface area contributed by atoms with Gasteiger partial charge in [0.05, 0.1) is 17.3 Å². The van der Waals surface area contributed by atoms with Crippen molar-refractivity contribution in [2.24, 2.45) is 0 Å². The number of rotatable bonds is 3. The van der Waals surface area contributed by atoms with Gasteiger partial charge in [-0.3, -0.25) is 0 Å². The Hall–Kier alpha value is -0.640. The van der Waals surface area contributed by atoms with Gasteiger partial charge in [0.1, 0.15) is 0 Å². The predicted molar refractivity (Wildman–Crippen MR) is 47.7 cm³/mol. The molecule has 1 aromatic rings. The molecule has 0 amide bonds. The zero-order valence-corrected chi connectivity index (χ0v) is 8.27. The van der Waals surface area contributed by atoms with E-state index in [-0.39, 0.29) is 5.82 Å². The topological polar surface area (TPSA) is 22.1 Å². The Kier molecular flexibility index (Phi) is 3.47. The monoisotopic (exact) mass is 233 g/mol. The fraction of sp³-hybridized carbons (Fsp3) is 0.375. The van der Waals surface area contributed by atoms with Crippen LogP contribution in [-0.2, 0) is 0 Å². The van der Waals surface area contributed by atoms with Gasteiger partial charge in [-0.15, -0.1) is 0 Å². The Morgan fingerprint density at radius 2 is 2.42 bits per heavy atom. The first-order chi connectivity index (χ1) is 5.74. The molecule has 0 bridgehead atoms. The van der Waals surface area contributed by atoms with Crippen LogP contribution in [0.5, 0.6) is 5.88 Å². The third-order valence-corrected chi connectivity index (χ3v) is 1.85. The van der Waals surface area contributed by atoms with Crippen molar-refractivity contribution < 1.29 is 9.13 Å². The Labute approximate surface area is 78.9 Å². The molecule has 0 unspecified atom stereocenters. The molecule has 66 valence electrons. The summed E-state index contributed by atoms with van der Waals surface area (Å²) in [6.45, 7) is 2.60. The predicted octanol–water partition coefficient (Wildman–Crippen LogP) is 2.77. The van der Waals surface area contributed by atoms with E-state index in [1.807, 2.05) is 6.92 Å². The summed E-state index contributed by atoms with van der Waals surface area (Å²) in [5.74, 6) is 0.0731. The maximum atomic E-state index is 12.7. The summed E-state index contributed by atoms with van der Waals surface area (Å²) in [4.78, 5) is 3.75. The van der Waals surface area contributed by atoms with Crippen LogP contribution in [0.3, 0.4) is 0 Å². The number of halogens is 2. The first-order valence-electron chi connectivity index (χ1n) is 3.68. The summed E-state index contributed by atoms with van der Waals surface area (Å²) < 4.78 is 18.2. The molecular weight excluding hydrogens is 225 g/mol. The van der Waals surface area contributed by atoms with E-state index in [1.165, 1.54) is 6.07 Å². The van der Waals surface area contributed by atoms with Crippen LogP contribution in [0, 0.1) is 5.82 Å². The lowest BCUT2D eigenvalue weighted by Gasteiger charge is -2.02. The molecule has 0 N–H and O–H groups in total. The lowest BCUT2D eigenvalue weighted by atomic mass is 10.4. The zero-order valence-electron chi connectivity index (χ0n) is 6.68. The molecule has 0 aromatic carbocycles. The van der Waals surface area contributed by atoms with Crippen LogP contribution >= 0.6 is 15.9 Å². The standard InChI is InChI=1S/C8H9BrFNO/c1-2-3-12-8-4-6(9)7(10)5-11-8/h4-5H,2-3H2,1H3. The van der Waals surface area contributed by atoms with Crippen LogP contribution in [0.15, 0.2) is 16.7 Å². The molecular formula is C8H9BrFNO. The van der Waals surface area contributed by atoms with Crippen LogP contribution < -0.4 is 4.74 Å². The van der Waals surface area contributed by atoms with Crippen molar-refractivity contribution in [2.75, 3.05) is 6.61 Å². The molecule has 0 fully saturated rings. The molecule has 0 aliphatic heterocycles. The molecule has 1 heterocycles. The van der Waals surface area contributed by atoms with Crippen molar-refractivity contribution >= 4 is 15.9 Å². The van der Waals surface area contributed by atoms with E-state index in [0.29, 0.717) is 17.0 Å². The minimum absolute atomic E-state index is 0.376. The Bertz CT molecular complexity index is 267. The van der Waals surface area contributed by atoms with Gasteiger partial charge in [-0.05, 0) is 22.4 Å². The fourth-order valence-electron chi connectivity index (χ4n) is 0.682. The largest absolute Gasteiger partial charge is 0.478 e. The Balaban J connectivity index is 2.69. The van der Waals surface area contributed by atoms with Crippen molar-refractivity contribution in [3.63, 3.8) is 0 Å². The minimum atomic E-state index is -0.376. The number of ether oxygens (including phenoxy) is 1. The molecule has 1 aromatic heterocycles. The van der Waals surface area contributed by atoms with Crippen molar-refractivity contribution in [1.29, 1.82) is 0 Å². The van der Waals surface area contributed by atoms with E-state index in [2.05, 4.69) is 20.9 Å². The quantitative estimate of drug-likeness (QED) is 0.802. The van der Waals surface area contributed by atoms with Gasteiger partial charge in [-0.1, -0.05) is 6.92 Å². The number of pyridine rings is 1. The fourth-order valence-corrected chi connectivity index (χ4v) is 0.980. The van der Waals surface area contributed by atoms with E-state index in [0.717, 1.165) is 12.6 Å². The smallest absolute Gasteiger partial charge is 0.214 e. The second kappa shape index (κ2) is 4.40.